The van der Waals surface area contributed by atoms with Crippen molar-refractivity contribution in [3.63, 3.8) is 0 Å². The number of alkyl halides is 3. The number of aliphatic carboxylic acids is 1. The van der Waals surface area contributed by atoms with Gasteiger partial charge in [0.15, 0.2) is 0 Å². The number of carboxylic acids is 1. The number of nitrogens with one attached hydrogen (secondary N) is 2. The first-order chi connectivity index (χ1) is 8.42. The zero-order valence-electron chi connectivity index (χ0n) is 11.1. The van der Waals surface area contributed by atoms with Gasteiger partial charge in [0.1, 0.15) is 6.04 Å². The summed E-state index contributed by atoms with van der Waals surface area (Å²) < 4.78 is 38.2. The summed E-state index contributed by atoms with van der Waals surface area (Å²) in [5, 5.41) is 12.2. The second-order valence-electron chi connectivity index (χ2n) is 5.40. The summed E-state index contributed by atoms with van der Waals surface area (Å²) in [7, 11) is 0. The summed E-state index contributed by atoms with van der Waals surface area (Å²) in [5.41, 5.74) is -0.603. The van der Waals surface area contributed by atoms with E-state index in [1.54, 1.807) is 20.8 Å². The Morgan fingerprint density at radius 3 is 2.11 bits per heavy atom. The number of rotatable bonds is 5. The summed E-state index contributed by atoms with van der Waals surface area (Å²) in [6.45, 7) is 4.68. The van der Waals surface area contributed by atoms with Gasteiger partial charge in [-0.3, -0.25) is 4.79 Å². The first-order valence-corrected chi connectivity index (χ1v) is 5.75. The molecule has 0 bridgehead atoms. The molecule has 0 aliphatic heterocycles. The fourth-order valence-electron chi connectivity index (χ4n) is 1.35. The van der Waals surface area contributed by atoms with Gasteiger partial charge in [-0.1, -0.05) is 20.8 Å². The smallest absolute Gasteiger partial charge is 0.408 e. The van der Waals surface area contributed by atoms with Crippen molar-refractivity contribution in [2.45, 2.75) is 45.8 Å². The highest BCUT2D eigenvalue weighted by Gasteiger charge is 2.42. The van der Waals surface area contributed by atoms with E-state index >= 15 is 0 Å². The first kappa shape index (κ1) is 17.5. The second-order valence-corrected chi connectivity index (χ2v) is 5.40. The molecule has 1 atom stereocenters. The third-order valence-corrected chi connectivity index (χ3v) is 2.14. The highest BCUT2D eigenvalue weighted by Crippen LogP contribution is 2.30. The topological polar surface area (TPSA) is 78.4 Å². The van der Waals surface area contributed by atoms with Gasteiger partial charge in [0, 0.05) is 6.54 Å². The van der Waals surface area contributed by atoms with Crippen molar-refractivity contribution >= 4 is 12.0 Å². The van der Waals surface area contributed by atoms with Crippen LogP contribution in [0.15, 0.2) is 0 Å². The van der Waals surface area contributed by atoms with Crippen LogP contribution in [0.5, 0.6) is 0 Å². The molecule has 8 heteroatoms. The Labute approximate surface area is 109 Å². The summed E-state index contributed by atoms with van der Waals surface area (Å²) in [6, 6.07) is -2.98. The average molecular weight is 284 g/mol. The lowest BCUT2D eigenvalue weighted by molar-refractivity contribution is -0.159. The predicted molar refractivity (Wildman–Crippen MR) is 62.7 cm³/mol. The highest BCUT2D eigenvalue weighted by atomic mass is 19.4. The number of hydrogen-bond acceptors (Lipinski definition) is 2. The molecule has 0 saturated carbocycles. The van der Waals surface area contributed by atoms with Gasteiger partial charge in [-0.05, 0) is 11.8 Å². The van der Waals surface area contributed by atoms with Crippen LogP contribution in [-0.4, -0.2) is 35.9 Å². The molecule has 0 heterocycles. The summed E-state index contributed by atoms with van der Waals surface area (Å²) >= 11 is 0. The third kappa shape index (κ3) is 9.15. The van der Waals surface area contributed by atoms with Gasteiger partial charge in [0.05, 0.1) is 6.42 Å². The normalized spacial score (nSPS) is 13.8. The molecule has 3 N–H and O–H groups in total. The fourth-order valence-corrected chi connectivity index (χ4v) is 1.35. The molecular weight excluding hydrogens is 265 g/mol. The van der Waals surface area contributed by atoms with Gasteiger partial charge in [-0.25, -0.2) is 4.79 Å². The summed E-state index contributed by atoms with van der Waals surface area (Å²) in [6.07, 6.45) is -5.15. The number of amides is 2. The lowest BCUT2D eigenvalue weighted by Crippen LogP contribution is -2.51. The maximum atomic E-state index is 12.7. The number of halogens is 3. The second kappa shape index (κ2) is 6.63. The minimum atomic E-state index is -4.54. The zero-order chi connectivity index (χ0) is 15.3. The Kier molecular flexibility index (Phi) is 6.11. The largest absolute Gasteiger partial charge is 0.481 e. The number of carboxylic acid groups (broad SMARTS) is 1. The standard InChI is InChI=1S/C11H19F3N2O3/c1-10(2,3)6-7(11(12,13)14)16-9(19)15-5-4-8(17)18/h7H,4-6H2,1-3H3,(H,17,18)(H2,15,16,19). The van der Waals surface area contributed by atoms with Gasteiger partial charge in [-0.2, -0.15) is 13.2 Å². The van der Waals surface area contributed by atoms with Crippen LogP contribution in [0.25, 0.3) is 0 Å². The number of hydrogen-bond donors (Lipinski definition) is 3. The molecular formula is C11H19F3N2O3. The Balaban J connectivity index is 4.41. The van der Waals surface area contributed by atoms with Crippen LogP contribution in [0, 0.1) is 5.41 Å². The van der Waals surface area contributed by atoms with E-state index in [4.69, 9.17) is 5.11 Å². The van der Waals surface area contributed by atoms with Crippen LogP contribution in [0.3, 0.4) is 0 Å². The van der Waals surface area contributed by atoms with Crippen LogP contribution in [0.4, 0.5) is 18.0 Å². The predicted octanol–water partition coefficient (Wildman–Crippen LogP) is 2.13. The average Bonchev–Trinajstić information content (AvgIpc) is 2.12. The summed E-state index contributed by atoms with van der Waals surface area (Å²) in [5.74, 6) is -1.14. The van der Waals surface area contributed by atoms with Crippen LogP contribution in [0.2, 0.25) is 0 Å². The lowest BCUT2D eigenvalue weighted by atomic mass is 9.88. The molecule has 1 unspecified atom stereocenters. The van der Waals surface area contributed by atoms with E-state index in [0.717, 1.165) is 0 Å². The maximum Gasteiger partial charge on any atom is 0.408 e. The monoisotopic (exact) mass is 284 g/mol. The molecule has 0 spiro atoms. The molecule has 2 amide bonds. The van der Waals surface area contributed by atoms with Crippen molar-refractivity contribution in [3.05, 3.63) is 0 Å². The summed E-state index contributed by atoms with van der Waals surface area (Å²) in [4.78, 5) is 21.5. The highest BCUT2D eigenvalue weighted by molar-refractivity contribution is 5.75. The molecule has 112 valence electrons. The number of carbonyl (C=O) groups excluding carboxylic acids is 1. The van der Waals surface area contributed by atoms with Gasteiger partial charge < -0.3 is 15.7 Å². The third-order valence-electron chi connectivity index (χ3n) is 2.14. The van der Waals surface area contributed by atoms with Gasteiger partial charge in [-0.15, -0.1) is 0 Å². The number of carbonyl (C=O) groups is 2. The Bertz CT molecular complexity index is 324. The van der Waals surface area contributed by atoms with Crippen molar-refractivity contribution in [3.8, 4) is 0 Å². The quantitative estimate of drug-likeness (QED) is 0.723. The molecule has 0 fully saturated rings. The molecule has 0 saturated heterocycles. The molecule has 0 aliphatic carbocycles. The van der Waals surface area contributed by atoms with Crippen molar-refractivity contribution in [2.75, 3.05) is 6.54 Å². The van der Waals surface area contributed by atoms with E-state index in [9.17, 15) is 22.8 Å². The van der Waals surface area contributed by atoms with Crippen molar-refractivity contribution in [1.82, 2.24) is 10.6 Å². The van der Waals surface area contributed by atoms with E-state index in [-0.39, 0.29) is 19.4 Å². The van der Waals surface area contributed by atoms with Crippen LogP contribution >= 0.6 is 0 Å². The molecule has 0 aliphatic rings. The van der Waals surface area contributed by atoms with Crippen LogP contribution in [0.1, 0.15) is 33.6 Å². The zero-order valence-corrected chi connectivity index (χ0v) is 11.1. The molecule has 19 heavy (non-hydrogen) atoms. The van der Waals surface area contributed by atoms with Crippen molar-refractivity contribution in [2.24, 2.45) is 5.41 Å². The van der Waals surface area contributed by atoms with Crippen LogP contribution in [-0.2, 0) is 4.79 Å². The fraction of sp³-hybridized carbons (Fsp3) is 0.818. The molecule has 0 aromatic rings. The van der Waals surface area contributed by atoms with E-state index in [0.29, 0.717) is 0 Å². The van der Waals surface area contributed by atoms with Gasteiger partial charge in [0.2, 0.25) is 0 Å². The van der Waals surface area contributed by atoms with Gasteiger partial charge in [0.25, 0.3) is 0 Å². The van der Waals surface area contributed by atoms with E-state index in [2.05, 4.69) is 5.32 Å². The number of urea groups is 1. The molecule has 0 aromatic carbocycles. The first-order valence-electron chi connectivity index (χ1n) is 5.75. The van der Waals surface area contributed by atoms with E-state index < -0.39 is 29.6 Å². The molecule has 0 radical (unpaired) electrons. The Hall–Kier alpha value is -1.47. The maximum absolute atomic E-state index is 12.7. The molecule has 5 nitrogen and oxygen atoms in total. The Morgan fingerprint density at radius 2 is 1.74 bits per heavy atom. The minimum Gasteiger partial charge on any atom is -0.481 e. The minimum absolute atomic E-state index is 0.221. The van der Waals surface area contributed by atoms with Crippen LogP contribution < -0.4 is 10.6 Å². The van der Waals surface area contributed by atoms with E-state index in [1.165, 1.54) is 0 Å². The van der Waals surface area contributed by atoms with Crippen molar-refractivity contribution < 1.29 is 27.9 Å². The lowest BCUT2D eigenvalue weighted by Gasteiger charge is -2.28. The molecule has 0 aromatic heterocycles. The van der Waals surface area contributed by atoms with E-state index in [1.807, 2.05) is 5.32 Å². The molecule has 0 rings (SSSR count). The van der Waals surface area contributed by atoms with Gasteiger partial charge >= 0.3 is 18.2 Å². The Morgan fingerprint density at radius 1 is 1.21 bits per heavy atom. The SMILES string of the molecule is CC(C)(C)CC(NC(=O)NCCC(=O)O)C(F)(F)F. The van der Waals surface area contributed by atoms with Crippen molar-refractivity contribution in [1.29, 1.82) is 0 Å².